The van der Waals surface area contributed by atoms with Crippen LogP contribution in [0.2, 0.25) is 0 Å². The molecule has 0 aliphatic carbocycles. The third-order valence-corrected chi connectivity index (χ3v) is 2.91. The summed E-state index contributed by atoms with van der Waals surface area (Å²) in [5.74, 6) is 0.0305. The quantitative estimate of drug-likeness (QED) is 0.787. The van der Waals surface area contributed by atoms with Crippen LogP contribution in [-0.4, -0.2) is 17.8 Å². The summed E-state index contributed by atoms with van der Waals surface area (Å²) in [6.45, 7) is 4.58. The lowest BCUT2D eigenvalue weighted by Crippen LogP contribution is -2.30. The van der Waals surface area contributed by atoms with Crippen molar-refractivity contribution in [1.82, 2.24) is 5.32 Å². The monoisotopic (exact) mass is 239 g/mol. The number of hydrogen-bond acceptors (Lipinski definition) is 1. The molecule has 0 bridgehead atoms. The second-order valence-corrected chi connectivity index (χ2v) is 4.59. The van der Waals surface area contributed by atoms with E-state index in [1.54, 1.807) is 0 Å². The third kappa shape index (κ3) is 4.67. The third-order valence-electron chi connectivity index (χ3n) is 2.45. The molecule has 0 radical (unpaired) electrons. The maximum atomic E-state index is 11.5. The number of benzene rings is 1. The lowest BCUT2D eigenvalue weighted by atomic mass is 10.1. The van der Waals surface area contributed by atoms with E-state index in [1.165, 1.54) is 5.56 Å². The zero-order chi connectivity index (χ0) is 12.0. The first-order chi connectivity index (χ1) is 7.61. The van der Waals surface area contributed by atoms with Crippen LogP contribution in [0, 0.1) is 6.92 Å². The Kier molecular flexibility index (Phi) is 5.33. The molecule has 88 valence electrons. The van der Waals surface area contributed by atoms with Crippen LogP contribution >= 0.6 is 11.6 Å². The fourth-order valence-corrected chi connectivity index (χ4v) is 1.40. The van der Waals surface area contributed by atoms with E-state index in [1.807, 2.05) is 38.1 Å². The summed E-state index contributed by atoms with van der Waals surface area (Å²) < 4.78 is 0. The predicted molar refractivity (Wildman–Crippen MR) is 67.8 cm³/mol. The number of carbonyl (C=O) groups excluding carboxylic acids is 1. The van der Waals surface area contributed by atoms with E-state index in [4.69, 9.17) is 11.6 Å². The minimum absolute atomic E-state index is 0.0296. The number of halogens is 1. The van der Waals surface area contributed by atoms with Crippen molar-refractivity contribution in [3.05, 3.63) is 35.4 Å². The Bertz CT molecular complexity index is 334. The summed E-state index contributed by atoms with van der Waals surface area (Å²) in [7, 11) is 0. The maximum Gasteiger partial charge on any atom is 0.224 e. The van der Waals surface area contributed by atoms with Gasteiger partial charge >= 0.3 is 0 Å². The molecule has 0 aromatic heterocycles. The molecule has 0 heterocycles. The van der Waals surface area contributed by atoms with Crippen LogP contribution in [0.5, 0.6) is 0 Å². The van der Waals surface area contributed by atoms with E-state index < -0.39 is 0 Å². The molecule has 1 aromatic carbocycles. The molecule has 1 amide bonds. The Labute approximate surface area is 102 Å². The molecule has 1 unspecified atom stereocenters. The standard InChI is InChI=1S/C13H18ClNO/c1-3-12(14)9-15-13(16)8-11-6-4-10(2)5-7-11/h4-7,12H,3,8-9H2,1-2H3,(H,15,16). The van der Waals surface area contributed by atoms with E-state index >= 15 is 0 Å². The van der Waals surface area contributed by atoms with E-state index in [9.17, 15) is 4.79 Å². The van der Waals surface area contributed by atoms with Gasteiger partial charge in [0.05, 0.1) is 11.8 Å². The van der Waals surface area contributed by atoms with E-state index in [-0.39, 0.29) is 11.3 Å². The van der Waals surface area contributed by atoms with E-state index in [0.717, 1.165) is 12.0 Å². The van der Waals surface area contributed by atoms with Gasteiger partial charge in [0.2, 0.25) is 5.91 Å². The summed E-state index contributed by atoms with van der Waals surface area (Å²) in [5, 5.41) is 2.86. The number of rotatable bonds is 5. The Morgan fingerprint density at radius 1 is 1.38 bits per heavy atom. The molecular formula is C13H18ClNO. The number of amides is 1. The van der Waals surface area contributed by atoms with Gasteiger partial charge in [0.15, 0.2) is 0 Å². The number of alkyl halides is 1. The van der Waals surface area contributed by atoms with Gasteiger partial charge in [0.25, 0.3) is 0 Å². The van der Waals surface area contributed by atoms with Gasteiger partial charge in [0.1, 0.15) is 0 Å². The highest BCUT2D eigenvalue weighted by Gasteiger charge is 2.05. The number of aryl methyl sites for hydroxylation is 1. The van der Waals surface area contributed by atoms with Crippen molar-refractivity contribution >= 4 is 17.5 Å². The van der Waals surface area contributed by atoms with E-state index in [0.29, 0.717) is 13.0 Å². The first-order valence-corrected chi connectivity index (χ1v) is 6.01. The molecule has 0 aliphatic heterocycles. The second kappa shape index (κ2) is 6.54. The summed E-state index contributed by atoms with van der Waals surface area (Å²) >= 11 is 5.92. The van der Waals surface area contributed by atoms with Gasteiger partial charge in [-0.05, 0) is 18.9 Å². The Hall–Kier alpha value is -1.02. The van der Waals surface area contributed by atoms with Gasteiger partial charge in [-0.25, -0.2) is 0 Å². The average molecular weight is 240 g/mol. The van der Waals surface area contributed by atoms with Gasteiger partial charge in [-0.2, -0.15) is 0 Å². The van der Waals surface area contributed by atoms with Crippen molar-refractivity contribution in [2.45, 2.75) is 32.1 Å². The smallest absolute Gasteiger partial charge is 0.224 e. The molecular weight excluding hydrogens is 222 g/mol. The van der Waals surface area contributed by atoms with Gasteiger partial charge in [-0.15, -0.1) is 11.6 Å². The number of hydrogen-bond donors (Lipinski definition) is 1. The number of nitrogens with one attached hydrogen (secondary N) is 1. The van der Waals surface area contributed by atoms with Crippen molar-refractivity contribution in [1.29, 1.82) is 0 Å². The van der Waals surface area contributed by atoms with Gasteiger partial charge in [-0.3, -0.25) is 4.79 Å². The zero-order valence-corrected chi connectivity index (χ0v) is 10.6. The van der Waals surface area contributed by atoms with Crippen LogP contribution in [-0.2, 0) is 11.2 Å². The van der Waals surface area contributed by atoms with Crippen LogP contribution in [0.15, 0.2) is 24.3 Å². The van der Waals surface area contributed by atoms with Crippen molar-refractivity contribution in [3.8, 4) is 0 Å². The van der Waals surface area contributed by atoms with Crippen LogP contribution in [0.3, 0.4) is 0 Å². The molecule has 0 saturated carbocycles. The molecule has 1 rings (SSSR count). The first kappa shape index (κ1) is 13.0. The average Bonchev–Trinajstić information content (AvgIpc) is 2.29. The minimum Gasteiger partial charge on any atom is -0.354 e. The SMILES string of the molecule is CCC(Cl)CNC(=O)Cc1ccc(C)cc1. The largest absolute Gasteiger partial charge is 0.354 e. The molecule has 1 N–H and O–H groups in total. The molecule has 2 nitrogen and oxygen atoms in total. The normalized spacial score (nSPS) is 12.2. The molecule has 1 aromatic rings. The minimum atomic E-state index is 0.0296. The summed E-state index contributed by atoms with van der Waals surface area (Å²) in [6.07, 6.45) is 1.29. The topological polar surface area (TPSA) is 29.1 Å². The Balaban J connectivity index is 2.37. The van der Waals surface area contributed by atoms with Crippen LogP contribution < -0.4 is 5.32 Å². The fraction of sp³-hybridized carbons (Fsp3) is 0.462. The first-order valence-electron chi connectivity index (χ1n) is 5.58. The Morgan fingerprint density at radius 3 is 2.56 bits per heavy atom. The molecule has 0 aliphatic rings. The van der Waals surface area contributed by atoms with Crippen molar-refractivity contribution in [2.75, 3.05) is 6.54 Å². The van der Waals surface area contributed by atoms with E-state index in [2.05, 4.69) is 5.32 Å². The lowest BCUT2D eigenvalue weighted by Gasteiger charge is -2.08. The van der Waals surface area contributed by atoms with Crippen molar-refractivity contribution in [3.63, 3.8) is 0 Å². The van der Waals surface area contributed by atoms with Crippen molar-refractivity contribution < 1.29 is 4.79 Å². The summed E-state index contributed by atoms with van der Waals surface area (Å²) in [4.78, 5) is 11.5. The van der Waals surface area contributed by atoms with Crippen LogP contribution in [0.25, 0.3) is 0 Å². The van der Waals surface area contributed by atoms with Crippen LogP contribution in [0.1, 0.15) is 24.5 Å². The van der Waals surface area contributed by atoms with Gasteiger partial charge in [-0.1, -0.05) is 36.8 Å². The molecule has 0 spiro atoms. The fourth-order valence-electron chi connectivity index (χ4n) is 1.32. The molecule has 0 saturated heterocycles. The lowest BCUT2D eigenvalue weighted by molar-refractivity contribution is -0.120. The zero-order valence-electron chi connectivity index (χ0n) is 9.79. The van der Waals surface area contributed by atoms with Crippen LogP contribution in [0.4, 0.5) is 0 Å². The number of carbonyl (C=O) groups is 1. The van der Waals surface area contributed by atoms with Gasteiger partial charge < -0.3 is 5.32 Å². The molecule has 0 fully saturated rings. The maximum absolute atomic E-state index is 11.5. The Morgan fingerprint density at radius 2 is 2.00 bits per heavy atom. The highest BCUT2D eigenvalue weighted by Crippen LogP contribution is 2.04. The highest BCUT2D eigenvalue weighted by atomic mass is 35.5. The summed E-state index contributed by atoms with van der Waals surface area (Å²) in [6, 6.07) is 7.98. The second-order valence-electron chi connectivity index (χ2n) is 3.97. The summed E-state index contributed by atoms with van der Waals surface area (Å²) in [5.41, 5.74) is 2.24. The van der Waals surface area contributed by atoms with Gasteiger partial charge in [0, 0.05) is 6.54 Å². The molecule has 1 atom stereocenters. The molecule has 16 heavy (non-hydrogen) atoms. The molecule has 3 heteroatoms. The predicted octanol–water partition coefficient (Wildman–Crippen LogP) is 2.67. The highest BCUT2D eigenvalue weighted by molar-refractivity contribution is 6.20. The van der Waals surface area contributed by atoms with Crippen molar-refractivity contribution in [2.24, 2.45) is 0 Å².